The van der Waals surface area contributed by atoms with Crippen LogP contribution in [0.1, 0.15) is 25.7 Å². The highest BCUT2D eigenvalue weighted by Crippen LogP contribution is 2.30. The van der Waals surface area contributed by atoms with Crippen LogP contribution in [-0.2, 0) is 4.79 Å². The van der Waals surface area contributed by atoms with Crippen molar-refractivity contribution in [3.05, 3.63) is 24.3 Å². The van der Waals surface area contributed by atoms with Crippen molar-refractivity contribution >= 4 is 11.6 Å². The third-order valence-corrected chi connectivity index (χ3v) is 3.10. The molecule has 1 saturated carbocycles. The zero-order valence-electron chi connectivity index (χ0n) is 9.07. The van der Waals surface area contributed by atoms with Gasteiger partial charge in [0.1, 0.15) is 5.75 Å². The van der Waals surface area contributed by atoms with Gasteiger partial charge in [-0.1, -0.05) is 25.0 Å². The lowest BCUT2D eigenvalue weighted by atomic mass is 9.98. The summed E-state index contributed by atoms with van der Waals surface area (Å²) in [4.78, 5) is 11.9. The molecule has 0 heterocycles. The number of nitrogens with one attached hydrogen (secondary N) is 1. The quantitative estimate of drug-likeness (QED) is 0.663. The summed E-state index contributed by atoms with van der Waals surface area (Å²) in [6.07, 6.45) is 3.41. The van der Waals surface area contributed by atoms with Gasteiger partial charge in [0.05, 0.1) is 11.2 Å². The molecule has 0 atom stereocenters. The number of hydrogen-bond acceptors (Lipinski definition) is 3. The lowest BCUT2D eigenvalue weighted by molar-refractivity contribution is -0.121. The standard InChI is InChI=1S/C12H16N2O2/c13-12(7-3-4-8-12)11(16)14-9-5-1-2-6-10(9)15/h1-2,5-6,15H,3-4,7-8,13H2,(H,14,16). The second-order valence-corrected chi connectivity index (χ2v) is 4.33. The molecule has 0 bridgehead atoms. The predicted octanol–water partition coefficient (Wildman–Crippen LogP) is 1.60. The molecular weight excluding hydrogens is 204 g/mol. The van der Waals surface area contributed by atoms with Crippen LogP contribution in [-0.4, -0.2) is 16.6 Å². The van der Waals surface area contributed by atoms with Crippen LogP contribution < -0.4 is 11.1 Å². The molecule has 2 rings (SSSR count). The minimum atomic E-state index is -0.762. The van der Waals surface area contributed by atoms with Crippen LogP contribution in [0.15, 0.2) is 24.3 Å². The van der Waals surface area contributed by atoms with Crippen LogP contribution >= 0.6 is 0 Å². The van der Waals surface area contributed by atoms with Crippen molar-refractivity contribution in [1.82, 2.24) is 0 Å². The summed E-state index contributed by atoms with van der Waals surface area (Å²) in [5.41, 5.74) is 5.67. The van der Waals surface area contributed by atoms with E-state index in [1.54, 1.807) is 18.2 Å². The highest BCUT2D eigenvalue weighted by molar-refractivity contribution is 5.99. The van der Waals surface area contributed by atoms with E-state index in [1.807, 2.05) is 0 Å². The van der Waals surface area contributed by atoms with Gasteiger partial charge in [-0.3, -0.25) is 4.79 Å². The fourth-order valence-corrected chi connectivity index (χ4v) is 2.06. The van der Waals surface area contributed by atoms with Gasteiger partial charge in [0, 0.05) is 0 Å². The van der Waals surface area contributed by atoms with Crippen LogP contribution in [0.3, 0.4) is 0 Å². The van der Waals surface area contributed by atoms with Crippen molar-refractivity contribution in [3.8, 4) is 5.75 Å². The van der Waals surface area contributed by atoms with Crippen LogP contribution in [0.2, 0.25) is 0 Å². The molecule has 0 radical (unpaired) electrons. The largest absolute Gasteiger partial charge is 0.506 e. The number of benzene rings is 1. The number of rotatable bonds is 2. The Morgan fingerprint density at radius 3 is 2.56 bits per heavy atom. The zero-order valence-corrected chi connectivity index (χ0v) is 9.07. The molecule has 1 fully saturated rings. The van der Waals surface area contributed by atoms with Crippen LogP contribution in [0.5, 0.6) is 5.75 Å². The van der Waals surface area contributed by atoms with Gasteiger partial charge >= 0.3 is 0 Å². The van der Waals surface area contributed by atoms with E-state index in [2.05, 4.69) is 5.32 Å². The van der Waals surface area contributed by atoms with E-state index in [9.17, 15) is 9.90 Å². The Balaban J connectivity index is 2.10. The van der Waals surface area contributed by atoms with Crippen molar-refractivity contribution in [2.45, 2.75) is 31.2 Å². The van der Waals surface area contributed by atoms with E-state index < -0.39 is 5.54 Å². The number of aromatic hydroxyl groups is 1. The first-order chi connectivity index (χ1) is 7.62. The monoisotopic (exact) mass is 220 g/mol. The van der Waals surface area contributed by atoms with Gasteiger partial charge < -0.3 is 16.2 Å². The predicted molar refractivity (Wildman–Crippen MR) is 62.1 cm³/mol. The lowest BCUT2D eigenvalue weighted by Crippen LogP contribution is -2.48. The molecule has 0 aliphatic heterocycles. The third-order valence-electron chi connectivity index (χ3n) is 3.10. The Morgan fingerprint density at radius 1 is 1.31 bits per heavy atom. The highest BCUT2D eigenvalue weighted by Gasteiger charge is 2.37. The van der Waals surface area contributed by atoms with Gasteiger partial charge in [0.15, 0.2) is 0 Å². The fourth-order valence-electron chi connectivity index (χ4n) is 2.06. The van der Waals surface area contributed by atoms with E-state index in [0.717, 1.165) is 12.8 Å². The number of phenols is 1. The Bertz CT molecular complexity index is 398. The first-order valence-electron chi connectivity index (χ1n) is 5.50. The van der Waals surface area contributed by atoms with Gasteiger partial charge in [0.25, 0.3) is 0 Å². The van der Waals surface area contributed by atoms with Gasteiger partial charge in [-0.25, -0.2) is 0 Å². The van der Waals surface area contributed by atoms with Gasteiger partial charge in [0.2, 0.25) is 5.91 Å². The molecule has 1 aliphatic rings. The summed E-state index contributed by atoms with van der Waals surface area (Å²) in [5, 5.41) is 12.2. The minimum Gasteiger partial charge on any atom is -0.506 e. The fraction of sp³-hybridized carbons (Fsp3) is 0.417. The first kappa shape index (κ1) is 11.0. The summed E-state index contributed by atoms with van der Waals surface area (Å²) < 4.78 is 0. The number of anilines is 1. The van der Waals surface area contributed by atoms with Crippen LogP contribution in [0.4, 0.5) is 5.69 Å². The van der Waals surface area contributed by atoms with E-state index >= 15 is 0 Å². The third kappa shape index (κ3) is 2.02. The molecule has 0 aromatic heterocycles. The van der Waals surface area contributed by atoms with Crippen LogP contribution in [0, 0.1) is 0 Å². The molecule has 1 amide bonds. The Hall–Kier alpha value is -1.55. The van der Waals surface area contributed by atoms with Crippen molar-refractivity contribution in [1.29, 1.82) is 0 Å². The summed E-state index contributed by atoms with van der Waals surface area (Å²) in [7, 11) is 0. The molecule has 0 saturated heterocycles. The van der Waals surface area contributed by atoms with E-state index in [-0.39, 0.29) is 11.7 Å². The zero-order chi connectivity index (χ0) is 11.6. The minimum absolute atomic E-state index is 0.0671. The second kappa shape index (κ2) is 4.14. The Morgan fingerprint density at radius 2 is 1.94 bits per heavy atom. The molecule has 0 unspecified atom stereocenters. The maximum Gasteiger partial charge on any atom is 0.244 e. The molecule has 1 aliphatic carbocycles. The summed E-state index contributed by atoms with van der Waals surface area (Å²) in [5.74, 6) is -0.135. The maximum atomic E-state index is 11.9. The van der Waals surface area contributed by atoms with Crippen molar-refractivity contribution in [2.24, 2.45) is 5.73 Å². The number of para-hydroxylation sites is 2. The molecular formula is C12H16N2O2. The molecule has 1 aromatic rings. The smallest absolute Gasteiger partial charge is 0.244 e. The molecule has 16 heavy (non-hydrogen) atoms. The number of amides is 1. The number of hydrogen-bond donors (Lipinski definition) is 3. The van der Waals surface area contributed by atoms with E-state index in [1.165, 1.54) is 6.07 Å². The van der Waals surface area contributed by atoms with Gasteiger partial charge in [-0.2, -0.15) is 0 Å². The van der Waals surface area contributed by atoms with Gasteiger partial charge in [-0.15, -0.1) is 0 Å². The number of carbonyl (C=O) groups is 1. The second-order valence-electron chi connectivity index (χ2n) is 4.33. The molecule has 4 N–H and O–H groups in total. The Kier molecular flexibility index (Phi) is 2.83. The summed E-state index contributed by atoms with van der Waals surface area (Å²) in [6, 6.07) is 6.66. The van der Waals surface area contributed by atoms with E-state index in [0.29, 0.717) is 18.5 Å². The Labute approximate surface area is 94.5 Å². The molecule has 86 valence electrons. The molecule has 0 spiro atoms. The average Bonchev–Trinajstić information content (AvgIpc) is 2.70. The van der Waals surface area contributed by atoms with Crippen molar-refractivity contribution in [3.63, 3.8) is 0 Å². The topological polar surface area (TPSA) is 75.4 Å². The average molecular weight is 220 g/mol. The summed E-state index contributed by atoms with van der Waals surface area (Å²) >= 11 is 0. The van der Waals surface area contributed by atoms with Crippen molar-refractivity contribution in [2.75, 3.05) is 5.32 Å². The SMILES string of the molecule is NC1(C(=O)Nc2ccccc2O)CCCC1. The first-order valence-corrected chi connectivity index (χ1v) is 5.50. The normalized spacial score (nSPS) is 18.3. The number of carbonyl (C=O) groups excluding carboxylic acids is 1. The van der Waals surface area contributed by atoms with Gasteiger partial charge in [-0.05, 0) is 25.0 Å². The summed E-state index contributed by atoms with van der Waals surface area (Å²) in [6.45, 7) is 0. The van der Waals surface area contributed by atoms with Crippen LogP contribution in [0.25, 0.3) is 0 Å². The van der Waals surface area contributed by atoms with Crippen molar-refractivity contribution < 1.29 is 9.90 Å². The lowest BCUT2D eigenvalue weighted by Gasteiger charge is -2.22. The highest BCUT2D eigenvalue weighted by atomic mass is 16.3. The number of nitrogens with two attached hydrogens (primary N) is 1. The maximum absolute atomic E-state index is 11.9. The molecule has 1 aromatic carbocycles. The number of phenolic OH excluding ortho intramolecular Hbond substituents is 1. The van der Waals surface area contributed by atoms with E-state index in [4.69, 9.17) is 5.73 Å². The molecule has 4 nitrogen and oxygen atoms in total. The molecule has 4 heteroatoms.